The van der Waals surface area contributed by atoms with Gasteiger partial charge in [0.05, 0.1) is 43.4 Å². The molecule has 26 heavy (non-hydrogen) atoms. The average molecular weight is 381 g/mol. The topological polar surface area (TPSA) is 80.8 Å². The third kappa shape index (κ3) is 4.19. The average Bonchev–Trinajstić information content (AvgIpc) is 2.94. The zero-order valence-corrected chi connectivity index (χ0v) is 15.8. The Morgan fingerprint density at radius 2 is 2.15 bits per heavy atom. The summed E-state index contributed by atoms with van der Waals surface area (Å²) in [7, 11) is -3.41. The van der Waals surface area contributed by atoms with Crippen molar-refractivity contribution in [2.45, 2.75) is 37.8 Å². The van der Waals surface area contributed by atoms with Crippen LogP contribution in [0.25, 0.3) is 0 Å². The van der Waals surface area contributed by atoms with E-state index in [1.165, 1.54) is 0 Å². The molecular formula is C18H27N3O4S. The number of morpholine rings is 1. The number of rotatable bonds is 6. The van der Waals surface area contributed by atoms with Crippen LogP contribution >= 0.6 is 0 Å². The first-order valence-corrected chi connectivity index (χ1v) is 11.1. The molecule has 2 atom stereocenters. The van der Waals surface area contributed by atoms with Crippen molar-refractivity contribution in [2.75, 3.05) is 43.6 Å². The first-order valence-electron chi connectivity index (χ1n) is 9.44. The maximum atomic E-state index is 12.6. The Balaban J connectivity index is 1.37. The highest BCUT2D eigenvalue weighted by molar-refractivity contribution is 7.89. The molecule has 1 aliphatic carbocycles. The lowest BCUT2D eigenvalue weighted by atomic mass is 9.82. The Morgan fingerprint density at radius 1 is 1.31 bits per heavy atom. The Labute approximate surface area is 155 Å². The van der Waals surface area contributed by atoms with Crippen molar-refractivity contribution >= 4 is 15.8 Å². The maximum Gasteiger partial charge on any atom is 0.214 e. The van der Waals surface area contributed by atoms with Crippen LogP contribution in [-0.4, -0.2) is 57.7 Å². The van der Waals surface area contributed by atoms with E-state index < -0.39 is 15.6 Å². The predicted octanol–water partition coefficient (Wildman–Crippen LogP) is 1.30. The van der Waals surface area contributed by atoms with Gasteiger partial charge in [-0.2, -0.15) is 0 Å². The monoisotopic (exact) mass is 381 g/mol. The Kier molecular flexibility index (Phi) is 5.18. The van der Waals surface area contributed by atoms with E-state index >= 15 is 0 Å². The van der Waals surface area contributed by atoms with Crippen molar-refractivity contribution in [3.63, 3.8) is 0 Å². The van der Waals surface area contributed by atoms with Crippen molar-refractivity contribution in [3.8, 4) is 0 Å². The summed E-state index contributed by atoms with van der Waals surface area (Å²) in [4.78, 5) is 6.77. The largest absolute Gasteiger partial charge is 0.378 e. The lowest BCUT2D eigenvalue weighted by molar-refractivity contribution is 0.0175. The number of hydrogen-bond acceptors (Lipinski definition) is 6. The molecule has 1 N–H and O–H groups in total. The Hall–Kier alpha value is -1.22. The second-order valence-electron chi connectivity index (χ2n) is 7.62. The minimum atomic E-state index is -3.41. The summed E-state index contributed by atoms with van der Waals surface area (Å²) in [5.41, 5.74) is 0.251. The second kappa shape index (κ2) is 7.42. The third-order valence-electron chi connectivity index (χ3n) is 5.58. The van der Waals surface area contributed by atoms with Gasteiger partial charge >= 0.3 is 0 Å². The van der Waals surface area contributed by atoms with Gasteiger partial charge in [-0.05, 0) is 37.3 Å². The van der Waals surface area contributed by atoms with Gasteiger partial charge in [-0.1, -0.05) is 12.5 Å². The smallest absolute Gasteiger partial charge is 0.214 e. The molecule has 8 heteroatoms. The molecule has 1 aromatic heterocycles. The number of nitrogens with one attached hydrogen (secondary N) is 1. The molecule has 2 unspecified atom stereocenters. The molecule has 4 rings (SSSR count). The maximum absolute atomic E-state index is 12.6. The van der Waals surface area contributed by atoms with Gasteiger partial charge in [0, 0.05) is 13.1 Å². The van der Waals surface area contributed by atoms with Crippen LogP contribution in [0.3, 0.4) is 0 Å². The van der Waals surface area contributed by atoms with Crippen LogP contribution < -0.4 is 9.62 Å². The molecular weight excluding hydrogens is 354 g/mol. The normalized spacial score (nSPS) is 29.1. The summed E-state index contributed by atoms with van der Waals surface area (Å²) in [6.07, 6.45) is 3.94. The van der Waals surface area contributed by atoms with Gasteiger partial charge in [0.2, 0.25) is 10.0 Å². The SMILES string of the molecule is O=S(=O)(CC12CCCC(CO1)C2)NCc1cccc(N2CCOCC2)n1. The van der Waals surface area contributed by atoms with Crippen molar-refractivity contribution in [1.29, 1.82) is 0 Å². The molecule has 1 aromatic rings. The highest BCUT2D eigenvalue weighted by Gasteiger charge is 2.46. The fraction of sp³-hybridized carbons (Fsp3) is 0.722. The van der Waals surface area contributed by atoms with Crippen molar-refractivity contribution in [3.05, 3.63) is 23.9 Å². The highest BCUT2D eigenvalue weighted by Crippen LogP contribution is 2.42. The number of hydrogen-bond donors (Lipinski definition) is 1. The van der Waals surface area contributed by atoms with Gasteiger partial charge < -0.3 is 14.4 Å². The Bertz CT molecular complexity index is 732. The molecule has 144 valence electrons. The lowest BCUT2D eigenvalue weighted by Crippen LogP contribution is -2.42. The van der Waals surface area contributed by atoms with Crippen LogP contribution in [-0.2, 0) is 26.0 Å². The van der Waals surface area contributed by atoms with E-state index in [0.717, 1.165) is 50.3 Å². The zero-order chi connectivity index (χ0) is 18.0. The molecule has 1 saturated carbocycles. The molecule has 7 nitrogen and oxygen atoms in total. The molecule has 2 bridgehead atoms. The molecule has 3 aliphatic rings. The minimum absolute atomic E-state index is 0.0552. The number of fused-ring (bicyclic) bond motifs is 2. The van der Waals surface area contributed by atoms with Crippen LogP contribution in [0.1, 0.15) is 31.4 Å². The number of pyridine rings is 1. The van der Waals surface area contributed by atoms with Gasteiger partial charge in [-0.3, -0.25) is 0 Å². The molecule has 3 fully saturated rings. The van der Waals surface area contributed by atoms with Crippen LogP contribution in [0.15, 0.2) is 18.2 Å². The first-order chi connectivity index (χ1) is 12.5. The van der Waals surface area contributed by atoms with Crippen LogP contribution in [0.4, 0.5) is 5.82 Å². The van der Waals surface area contributed by atoms with Gasteiger partial charge in [0.25, 0.3) is 0 Å². The Morgan fingerprint density at radius 3 is 3.00 bits per heavy atom. The molecule has 3 heterocycles. The molecule has 0 amide bonds. The van der Waals surface area contributed by atoms with Gasteiger partial charge in [0.1, 0.15) is 5.82 Å². The summed E-state index contributed by atoms with van der Waals surface area (Å²) in [6, 6.07) is 5.73. The van der Waals surface area contributed by atoms with E-state index in [0.29, 0.717) is 25.7 Å². The fourth-order valence-corrected chi connectivity index (χ4v) is 5.81. The summed E-state index contributed by atoms with van der Waals surface area (Å²) < 4.78 is 39.2. The third-order valence-corrected chi connectivity index (χ3v) is 7.07. The number of aromatic nitrogens is 1. The minimum Gasteiger partial charge on any atom is -0.378 e. The van der Waals surface area contributed by atoms with E-state index in [4.69, 9.17) is 9.47 Å². The second-order valence-corrected chi connectivity index (χ2v) is 9.43. The lowest BCUT2D eigenvalue weighted by Gasteiger charge is -2.31. The van der Waals surface area contributed by atoms with Gasteiger partial charge in [0.15, 0.2) is 0 Å². The van der Waals surface area contributed by atoms with Crippen LogP contribution in [0, 0.1) is 5.92 Å². The van der Waals surface area contributed by atoms with Gasteiger partial charge in [-0.25, -0.2) is 18.1 Å². The molecule has 0 aromatic carbocycles. The fourth-order valence-electron chi connectivity index (χ4n) is 4.30. The van der Waals surface area contributed by atoms with Crippen LogP contribution in [0.2, 0.25) is 0 Å². The first kappa shape index (κ1) is 18.2. The zero-order valence-electron chi connectivity index (χ0n) is 15.0. The quantitative estimate of drug-likeness (QED) is 0.800. The molecule has 2 saturated heterocycles. The molecule has 0 radical (unpaired) electrons. The summed E-state index contributed by atoms with van der Waals surface area (Å²) >= 11 is 0. The number of sulfonamides is 1. The highest BCUT2D eigenvalue weighted by atomic mass is 32.2. The molecule has 2 aliphatic heterocycles. The van der Waals surface area contributed by atoms with Crippen molar-refractivity contribution < 1.29 is 17.9 Å². The standard InChI is InChI=1S/C18H27N3O4S/c22-26(23,14-18-6-2-3-15(11-18)13-25-18)19-12-16-4-1-5-17(20-16)21-7-9-24-10-8-21/h1,4-5,15,19H,2-3,6-14H2. The van der Waals surface area contributed by atoms with E-state index in [-0.39, 0.29) is 12.3 Å². The molecule has 0 spiro atoms. The number of anilines is 1. The number of ether oxygens (including phenoxy) is 2. The summed E-state index contributed by atoms with van der Waals surface area (Å²) in [5.74, 6) is 1.46. The van der Waals surface area contributed by atoms with E-state index in [9.17, 15) is 8.42 Å². The summed E-state index contributed by atoms with van der Waals surface area (Å²) in [6.45, 7) is 3.92. The van der Waals surface area contributed by atoms with E-state index in [1.54, 1.807) is 0 Å². The predicted molar refractivity (Wildman–Crippen MR) is 98.5 cm³/mol. The summed E-state index contributed by atoms with van der Waals surface area (Å²) in [5, 5.41) is 0. The van der Waals surface area contributed by atoms with Crippen molar-refractivity contribution in [1.82, 2.24) is 9.71 Å². The van der Waals surface area contributed by atoms with E-state index in [2.05, 4.69) is 14.6 Å². The van der Waals surface area contributed by atoms with Gasteiger partial charge in [-0.15, -0.1) is 0 Å². The van der Waals surface area contributed by atoms with Crippen molar-refractivity contribution in [2.24, 2.45) is 5.92 Å². The van der Waals surface area contributed by atoms with E-state index in [1.807, 2.05) is 18.2 Å². The number of nitrogens with zero attached hydrogens (tertiary/aromatic N) is 2. The van der Waals surface area contributed by atoms with Crippen LogP contribution in [0.5, 0.6) is 0 Å².